The summed E-state index contributed by atoms with van der Waals surface area (Å²) in [5.74, 6) is 0. The molecule has 12 heavy (non-hydrogen) atoms. The van der Waals surface area contributed by atoms with Gasteiger partial charge in [0, 0.05) is 11.0 Å². The zero-order valence-electron chi connectivity index (χ0n) is 6.33. The molecule has 0 amide bonds. The van der Waals surface area contributed by atoms with Crippen LogP contribution in [0.15, 0.2) is 23.8 Å². The number of halogens is 2. The largest absolute Gasteiger partial charge is 0.333 e. The van der Waals surface area contributed by atoms with Crippen molar-refractivity contribution in [1.82, 2.24) is 0 Å². The normalized spacial score (nSPS) is 34.6. The van der Waals surface area contributed by atoms with Crippen LogP contribution < -0.4 is 0 Å². The quantitative estimate of drug-likeness (QED) is 0.287. The van der Waals surface area contributed by atoms with Crippen LogP contribution in [0, 0.1) is 10.1 Å². The molecule has 0 fully saturated rings. The predicted octanol–water partition coefficient (Wildman–Crippen LogP) is 2.32. The fraction of sp³-hybridized carbons (Fsp3) is 0.429. The molecule has 0 aliphatic heterocycles. The third-order valence-corrected chi connectivity index (χ3v) is 2.99. The van der Waals surface area contributed by atoms with Gasteiger partial charge in [0.1, 0.15) is 5.38 Å². The highest BCUT2D eigenvalue weighted by molar-refractivity contribution is 6.33. The number of hydrogen-bond donors (Lipinski definition) is 0. The van der Waals surface area contributed by atoms with Crippen LogP contribution in [0.2, 0.25) is 0 Å². The standard InChI is InChI=1S/C7H7Cl2NO2/c1-5-3-2-4-7(9,6(5)8)10(11)12/h2-4,6H,1H3. The Balaban J connectivity index is 3.03. The van der Waals surface area contributed by atoms with Crippen molar-refractivity contribution in [3.8, 4) is 0 Å². The summed E-state index contributed by atoms with van der Waals surface area (Å²) >= 11 is 11.5. The Kier molecular flexibility index (Phi) is 2.44. The Morgan fingerprint density at radius 3 is 2.75 bits per heavy atom. The first-order valence-electron chi connectivity index (χ1n) is 3.32. The molecule has 0 radical (unpaired) electrons. The van der Waals surface area contributed by atoms with Gasteiger partial charge in [-0.25, -0.2) is 0 Å². The van der Waals surface area contributed by atoms with Crippen molar-refractivity contribution in [2.24, 2.45) is 0 Å². The highest BCUT2D eigenvalue weighted by Crippen LogP contribution is 2.34. The number of allylic oxidation sites excluding steroid dienone is 2. The van der Waals surface area contributed by atoms with Crippen LogP contribution in [0.25, 0.3) is 0 Å². The third-order valence-electron chi connectivity index (χ3n) is 1.72. The van der Waals surface area contributed by atoms with Gasteiger partial charge in [0.15, 0.2) is 0 Å². The van der Waals surface area contributed by atoms with Crippen LogP contribution >= 0.6 is 23.2 Å². The lowest BCUT2D eigenvalue weighted by Crippen LogP contribution is -2.41. The number of rotatable bonds is 1. The molecule has 0 saturated heterocycles. The van der Waals surface area contributed by atoms with Crippen molar-refractivity contribution >= 4 is 23.2 Å². The highest BCUT2D eigenvalue weighted by atomic mass is 35.5. The van der Waals surface area contributed by atoms with Gasteiger partial charge in [0.2, 0.25) is 0 Å². The average molecular weight is 208 g/mol. The van der Waals surface area contributed by atoms with Crippen LogP contribution in [0.4, 0.5) is 0 Å². The summed E-state index contributed by atoms with van der Waals surface area (Å²) in [4.78, 5) is 8.28. The Labute approximate surface area is 79.8 Å². The number of nitrogens with zero attached hydrogens (tertiary/aromatic N) is 1. The van der Waals surface area contributed by atoms with E-state index >= 15 is 0 Å². The summed E-state index contributed by atoms with van der Waals surface area (Å²) in [6.07, 6.45) is 4.55. The molecule has 0 aromatic rings. The van der Waals surface area contributed by atoms with E-state index in [4.69, 9.17) is 23.2 Å². The molecule has 2 unspecified atom stereocenters. The Morgan fingerprint density at radius 1 is 1.75 bits per heavy atom. The fourth-order valence-corrected chi connectivity index (χ4v) is 1.45. The topological polar surface area (TPSA) is 43.1 Å². The summed E-state index contributed by atoms with van der Waals surface area (Å²) in [5.41, 5.74) is 0.700. The zero-order chi connectivity index (χ0) is 9.35. The summed E-state index contributed by atoms with van der Waals surface area (Å²) in [7, 11) is 0. The first kappa shape index (κ1) is 9.55. The Bertz CT molecular complexity index is 275. The van der Waals surface area contributed by atoms with Crippen LogP contribution in [0.1, 0.15) is 6.92 Å². The van der Waals surface area contributed by atoms with E-state index in [1.165, 1.54) is 6.08 Å². The SMILES string of the molecule is CC1=CC=CC(Cl)([N+](=O)[O-])C1Cl. The van der Waals surface area contributed by atoms with Gasteiger partial charge in [-0.1, -0.05) is 12.2 Å². The van der Waals surface area contributed by atoms with Gasteiger partial charge in [-0.15, -0.1) is 11.6 Å². The maximum absolute atomic E-state index is 10.5. The first-order valence-corrected chi connectivity index (χ1v) is 4.13. The summed E-state index contributed by atoms with van der Waals surface area (Å²) in [6.45, 7) is 1.71. The summed E-state index contributed by atoms with van der Waals surface area (Å²) in [5, 5.41) is 9.76. The lowest BCUT2D eigenvalue weighted by Gasteiger charge is -2.22. The molecule has 1 aliphatic rings. The molecule has 0 heterocycles. The molecule has 0 aromatic heterocycles. The monoisotopic (exact) mass is 207 g/mol. The molecule has 2 atom stereocenters. The van der Waals surface area contributed by atoms with Crippen molar-refractivity contribution in [3.63, 3.8) is 0 Å². The highest BCUT2D eigenvalue weighted by Gasteiger charge is 2.47. The van der Waals surface area contributed by atoms with Crippen molar-refractivity contribution in [3.05, 3.63) is 33.9 Å². The number of nitro groups is 1. The van der Waals surface area contributed by atoms with E-state index in [9.17, 15) is 10.1 Å². The minimum absolute atomic E-state index is 0.584. The molecule has 66 valence electrons. The predicted molar refractivity (Wildman–Crippen MR) is 48.1 cm³/mol. The molecule has 5 heteroatoms. The molecule has 0 spiro atoms. The van der Waals surface area contributed by atoms with Gasteiger partial charge in [-0.3, -0.25) is 10.1 Å². The van der Waals surface area contributed by atoms with Gasteiger partial charge in [-0.05, 0) is 24.1 Å². The maximum atomic E-state index is 10.5. The average Bonchev–Trinajstić information content (AvgIpc) is 2.00. The van der Waals surface area contributed by atoms with Crippen molar-refractivity contribution in [1.29, 1.82) is 0 Å². The maximum Gasteiger partial charge on any atom is 0.333 e. The number of hydrogen-bond acceptors (Lipinski definition) is 2. The van der Waals surface area contributed by atoms with E-state index in [1.54, 1.807) is 19.1 Å². The van der Waals surface area contributed by atoms with Crippen LogP contribution in [0.5, 0.6) is 0 Å². The van der Waals surface area contributed by atoms with Gasteiger partial charge in [0.25, 0.3) is 0 Å². The lowest BCUT2D eigenvalue weighted by molar-refractivity contribution is -0.526. The molecule has 0 bridgehead atoms. The molecule has 1 rings (SSSR count). The summed E-state index contributed by atoms with van der Waals surface area (Å²) in [6, 6.07) is 0. The van der Waals surface area contributed by atoms with E-state index in [-0.39, 0.29) is 0 Å². The number of alkyl halides is 2. The fourth-order valence-electron chi connectivity index (χ4n) is 0.977. The summed E-state index contributed by atoms with van der Waals surface area (Å²) < 4.78 is 0. The minimum Gasteiger partial charge on any atom is -0.262 e. The Morgan fingerprint density at radius 2 is 2.33 bits per heavy atom. The molecule has 0 N–H and O–H groups in total. The van der Waals surface area contributed by atoms with Gasteiger partial charge >= 0.3 is 5.00 Å². The van der Waals surface area contributed by atoms with Crippen LogP contribution in [-0.4, -0.2) is 15.3 Å². The zero-order valence-corrected chi connectivity index (χ0v) is 7.84. The second-order valence-electron chi connectivity index (χ2n) is 2.62. The molecular weight excluding hydrogens is 201 g/mol. The third kappa shape index (κ3) is 1.34. The van der Waals surface area contributed by atoms with E-state index in [0.717, 1.165) is 0 Å². The van der Waals surface area contributed by atoms with Gasteiger partial charge in [0.05, 0.1) is 0 Å². The van der Waals surface area contributed by atoms with Gasteiger partial charge < -0.3 is 0 Å². The molecule has 1 aliphatic carbocycles. The second kappa shape index (κ2) is 3.07. The molecule has 3 nitrogen and oxygen atoms in total. The van der Waals surface area contributed by atoms with E-state index in [0.29, 0.717) is 5.57 Å². The van der Waals surface area contributed by atoms with Gasteiger partial charge in [-0.2, -0.15) is 0 Å². The van der Waals surface area contributed by atoms with Crippen molar-refractivity contribution in [2.75, 3.05) is 0 Å². The molecule has 0 aromatic carbocycles. The van der Waals surface area contributed by atoms with Crippen LogP contribution in [0.3, 0.4) is 0 Å². The minimum atomic E-state index is -1.68. The molecular formula is C7H7Cl2NO2. The Hall–Kier alpha value is -0.540. The second-order valence-corrected chi connectivity index (χ2v) is 3.66. The van der Waals surface area contributed by atoms with E-state index in [1.807, 2.05) is 0 Å². The lowest BCUT2D eigenvalue weighted by atomic mass is 10.0. The van der Waals surface area contributed by atoms with Crippen molar-refractivity contribution in [2.45, 2.75) is 17.3 Å². The van der Waals surface area contributed by atoms with Crippen LogP contribution in [-0.2, 0) is 0 Å². The van der Waals surface area contributed by atoms with Crippen molar-refractivity contribution < 1.29 is 4.92 Å². The first-order chi connectivity index (χ1) is 5.48. The molecule has 0 saturated carbocycles. The van der Waals surface area contributed by atoms with E-state index in [2.05, 4.69) is 0 Å². The van der Waals surface area contributed by atoms with E-state index < -0.39 is 15.3 Å². The smallest absolute Gasteiger partial charge is 0.262 e.